The van der Waals surface area contributed by atoms with Gasteiger partial charge in [0.05, 0.1) is 10.4 Å². The van der Waals surface area contributed by atoms with Crippen molar-refractivity contribution >= 4 is 23.1 Å². The van der Waals surface area contributed by atoms with E-state index >= 15 is 0 Å². The standard InChI is InChI=1S/C14H23N5OS/c15-12(21)14(7-3-1-2-4-8-14)13(20)16-9-5-6-11-17-10-18-19-11/h10H,1-9H2,(H2,15,21)(H,16,20)(H,17,18,19). The Hall–Kier alpha value is -1.50. The number of carbonyl (C=O) groups is 1. The molecule has 1 fully saturated rings. The third-order valence-electron chi connectivity index (χ3n) is 4.20. The number of aromatic amines is 1. The molecule has 6 nitrogen and oxygen atoms in total. The van der Waals surface area contributed by atoms with Gasteiger partial charge in [-0.15, -0.1) is 0 Å². The largest absolute Gasteiger partial charge is 0.392 e. The minimum absolute atomic E-state index is 0.00512. The maximum atomic E-state index is 12.6. The molecule has 0 aliphatic heterocycles. The van der Waals surface area contributed by atoms with Crippen molar-refractivity contribution in [2.45, 2.75) is 51.4 Å². The first kappa shape index (κ1) is 15.9. The lowest BCUT2D eigenvalue weighted by molar-refractivity contribution is -0.128. The number of H-pyrrole nitrogens is 1. The van der Waals surface area contributed by atoms with Crippen molar-refractivity contribution in [3.05, 3.63) is 12.2 Å². The molecular weight excluding hydrogens is 286 g/mol. The molecule has 0 unspecified atom stereocenters. The predicted octanol–water partition coefficient (Wildman–Crippen LogP) is 1.48. The molecule has 0 spiro atoms. The zero-order valence-electron chi connectivity index (χ0n) is 12.2. The van der Waals surface area contributed by atoms with Crippen LogP contribution in [-0.4, -0.2) is 32.6 Å². The maximum absolute atomic E-state index is 12.6. The molecule has 1 heterocycles. The summed E-state index contributed by atoms with van der Waals surface area (Å²) in [5.74, 6) is 0.831. The fourth-order valence-corrected chi connectivity index (χ4v) is 3.19. The van der Waals surface area contributed by atoms with Gasteiger partial charge in [-0.2, -0.15) is 5.10 Å². The van der Waals surface area contributed by atoms with E-state index in [9.17, 15) is 4.79 Å². The minimum Gasteiger partial charge on any atom is -0.392 e. The smallest absolute Gasteiger partial charge is 0.233 e. The van der Waals surface area contributed by atoms with Crippen LogP contribution >= 0.6 is 12.2 Å². The van der Waals surface area contributed by atoms with E-state index in [1.807, 2.05) is 0 Å². The summed E-state index contributed by atoms with van der Waals surface area (Å²) in [6, 6.07) is 0. The summed E-state index contributed by atoms with van der Waals surface area (Å²) in [4.78, 5) is 17.0. The fourth-order valence-electron chi connectivity index (χ4n) is 2.90. The van der Waals surface area contributed by atoms with Crippen molar-refractivity contribution in [2.75, 3.05) is 6.54 Å². The van der Waals surface area contributed by atoms with Gasteiger partial charge in [-0.3, -0.25) is 9.89 Å². The zero-order valence-corrected chi connectivity index (χ0v) is 13.0. The first-order valence-corrected chi connectivity index (χ1v) is 7.98. The van der Waals surface area contributed by atoms with Crippen molar-refractivity contribution in [2.24, 2.45) is 11.1 Å². The van der Waals surface area contributed by atoms with Crippen LogP contribution in [0, 0.1) is 5.41 Å². The quantitative estimate of drug-likeness (QED) is 0.420. The third kappa shape index (κ3) is 4.00. The van der Waals surface area contributed by atoms with Gasteiger partial charge in [-0.25, -0.2) is 4.98 Å². The van der Waals surface area contributed by atoms with E-state index in [1.54, 1.807) is 0 Å². The topological polar surface area (TPSA) is 96.7 Å². The van der Waals surface area contributed by atoms with Crippen LogP contribution < -0.4 is 11.1 Å². The second-order valence-corrected chi connectivity index (χ2v) is 6.09. The predicted molar refractivity (Wildman–Crippen MR) is 84.6 cm³/mol. The first-order valence-electron chi connectivity index (χ1n) is 7.57. The number of hydrogen-bond donors (Lipinski definition) is 3. The molecule has 0 radical (unpaired) electrons. The van der Waals surface area contributed by atoms with E-state index in [0.717, 1.165) is 57.2 Å². The molecular formula is C14H23N5OS. The normalized spacial score (nSPS) is 17.9. The average Bonchev–Trinajstić information content (AvgIpc) is 2.85. The lowest BCUT2D eigenvalue weighted by Gasteiger charge is -2.30. The number of nitrogens with two attached hydrogens (primary N) is 1. The van der Waals surface area contributed by atoms with E-state index in [0.29, 0.717) is 11.5 Å². The second-order valence-electron chi connectivity index (χ2n) is 5.65. The van der Waals surface area contributed by atoms with E-state index < -0.39 is 5.41 Å². The summed E-state index contributed by atoms with van der Waals surface area (Å²) in [5, 5.41) is 9.60. The van der Waals surface area contributed by atoms with Crippen LogP contribution in [0.25, 0.3) is 0 Å². The summed E-state index contributed by atoms with van der Waals surface area (Å²) >= 11 is 5.20. The molecule has 1 amide bonds. The molecule has 1 aromatic rings. The highest BCUT2D eigenvalue weighted by atomic mass is 32.1. The number of amides is 1. The highest BCUT2D eigenvalue weighted by Crippen LogP contribution is 2.35. The Morgan fingerprint density at radius 2 is 2.10 bits per heavy atom. The zero-order chi connectivity index (χ0) is 15.1. The molecule has 7 heteroatoms. The van der Waals surface area contributed by atoms with Crippen molar-refractivity contribution < 1.29 is 4.79 Å². The van der Waals surface area contributed by atoms with E-state index in [4.69, 9.17) is 18.0 Å². The molecule has 0 aromatic carbocycles. The molecule has 0 bridgehead atoms. The molecule has 1 aliphatic rings. The van der Waals surface area contributed by atoms with Crippen LogP contribution in [0.3, 0.4) is 0 Å². The number of hydrogen-bond acceptors (Lipinski definition) is 4. The van der Waals surface area contributed by atoms with Crippen LogP contribution in [0.2, 0.25) is 0 Å². The van der Waals surface area contributed by atoms with E-state index in [-0.39, 0.29) is 5.91 Å². The highest BCUT2D eigenvalue weighted by Gasteiger charge is 2.41. The summed E-state index contributed by atoms with van der Waals surface area (Å²) in [6.07, 6.45) is 8.96. The third-order valence-corrected chi connectivity index (χ3v) is 4.59. The van der Waals surface area contributed by atoms with Crippen molar-refractivity contribution in [3.63, 3.8) is 0 Å². The van der Waals surface area contributed by atoms with Crippen LogP contribution in [0.1, 0.15) is 50.8 Å². The number of nitrogens with one attached hydrogen (secondary N) is 2. The molecule has 21 heavy (non-hydrogen) atoms. The van der Waals surface area contributed by atoms with Crippen LogP contribution in [0.5, 0.6) is 0 Å². The van der Waals surface area contributed by atoms with Crippen molar-refractivity contribution in [3.8, 4) is 0 Å². The van der Waals surface area contributed by atoms with Gasteiger partial charge in [0.1, 0.15) is 12.2 Å². The van der Waals surface area contributed by atoms with E-state index in [1.165, 1.54) is 6.33 Å². The monoisotopic (exact) mass is 309 g/mol. The SMILES string of the molecule is NC(=S)C1(C(=O)NCCCc2ncn[nH]2)CCCCCC1. The molecule has 1 aromatic heterocycles. The Morgan fingerprint density at radius 3 is 2.67 bits per heavy atom. The number of aromatic nitrogens is 3. The van der Waals surface area contributed by atoms with Crippen molar-refractivity contribution in [1.82, 2.24) is 20.5 Å². The van der Waals surface area contributed by atoms with E-state index in [2.05, 4.69) is 20.5 Å². The van der Waals surface area contributed by atoms with Gasteiger partial charge >= 0.3 is 0 Å². The van der Waals surface area contributed by atoms with Gasteiger partial charge in [0.25, 0.3) is 0 Å². The second kappa shape index (κ2) is 7.49. The Labute approximate surface area is 130 Å². The van der Waals surface area contributed by atoms with Crippen LogP contribution in [-0.2, 0) is 11.2 Å². The van der Waals surface area contributed by atoms with Gasteiger partial charge in [0.2, 0.25) is 5.91 Å². The highest BCUT2D eigenvalue weighted by molar-refractivity contribution is 7.80. The van der Waals surface area contributed by atoms with Crippen LogP contribution in [0.4, 0.5) is 0 Å². The number of rotatable bonds is 6. The number of thiocarbonyl (C=S) groups is 1. The summed E-state index contributed by atoms with van der Waals surface area (Å²) in [6.45, 7) is 0.601. The van der Waals surface area contributed by atoms with Gasteiger partial charge in [0, 0.05) is 13.0 Å². The molecule has 116 valence electrons. The Kier molecular flexibility index (Phi) is 5.67. The van der Waals surface area contributed by atoms with Crippen molar-refractivity contribution in [1.29, 1.82) is 0 Å². The fraction of sp³-hybridized carbons (Fsp3) is 0.714. The Morgan fingerprint density at radius 1 is 1.38 bits per heavy atom. The molecule has 2 rings (SSSR count). The number of nitrogens with zero attached hydrogens (tertiary/aromatic N) is 2. The van der Waals surface area contributed by atoms with Gasteiger partial charge < -0.3 is 11.1 Å². The lowest BCUT2D eigenvalue weighted by Crippen LogP contribution is -2.49. The summed E-state index contributed by atoms with van der Waals surface area (Å²) in [5.41, 5.74) is 5.26. The molecule has 1 aliphatic carbocycles. The van der Waals surface area contributed by atoms with Gasteiger partial charge in [-0.05, 0) is 19.3 Å². The molecule has 0 atom stereocenters. The van der Waals surface area contributed by atoms with Gasteiger partial charge in [0.15, 0.2) is 0 Å². The number of carbonyl (C=O) groups excluding carboxylic acids is 1. The molecule has 4 N–H and O–H groups in total. The maximum Gasteiger partial charge on any atom is 0.233 e. The molecule has 0 saturated heterocycles. The Bertz CT molecular complexity index is 466. The first-order chi connectivity index (χ1) is 10.1. The molecule has 1 saturated carbocycles. The lowest BCUT2D eigenvalue weighted by atomic mass is 9.79. The summed E-state index contributed by atoms with van der Waals surface area (Å²) in [7, 11) is 0. The average molecular weight is 309 g/mol. The Balaban J connectivity index is 1.85. The number of aryl methyl sites for hydroxylation is 1. The summed E-state index contributed by atoms with van der Waals surface area (Å²) < 4.78 is 0. The van der Waals surface area contributed by atoms with Gasteiger partial charge in [-0.1, -0.05) is 37.9 Å². The van der Waals surface area contributed by atoms with Crippen LogP contribution in [0.15, 0.2) is 6.33 Å². The minimum atomic E-state index is -0.641.